The summed E-state index contributed by atoms with van der Waals surface area (Å²) in [5, 5.41) is 0. The van der Waals surface area contributed by atoms with E-state index < -0.39 is 0 Å². The first-order chi connectivity index (χ1) is 8.27. The predicted octanol–water partition coefficient (Wildman–Crippen LogP) is 2.32. The number of rotatable bonds is 7. The van der Waals surface area contributed by atoms with Crippen LogP contribution in [0.3, 0.4) is 0 Å². The molecule has 0 heterocycles. The minimum Gasteiger partial charge on any atom is -0.339 e. The molecule has 0 bridgehead atoms. The van der Waals surface area contributed by atoms with Crippen molar-refractivity contribution in [2.75, 3.05) is 19.6 Å². The first-order valence-electron chi connectivity index (χ1n) is 6.86. The van der Waals surface area contributed by atoms with E-state index in [9.17, 15) is 4.79 Å². The molecule has 1 aliphatic carbocycles. The quantitative estimate of drug-likeness (QED) is 0.692. The predicted molar refractivity (Wildman–Crippen MR) is 71.6 cm³/mol. The molecule has 0 aromatic carbocycles. The second kappa shape index (κ2) is 8.29. The van der Waals surface area contributed by atoms with Crippen LogP contribution in [0.25, 0.3) is 0 Å². The van der Waals surface area contributed by atoms with Gasteiger partial charge in [-0.15, -0.1) is 6.58 Å². The lowest BCUT2D eigenvalue weighted by atomic mass is 9.89. The molecule has 1 saturated carbocycles. The van der Waals surface area contributed by atoms with Gasteiger partial charge in [0.15, 0.2) is 0 Å². The molecule has 0 aromatic rings. The second-order valence-corrected chi connectivity index (χ2v) is 4.98. The molecular formula is C14H26N2O. The summed E-state index contributed by atoms with van der Waals surface area (Å²) in [5.74, 6) is 0.937. The number of nitrogens with two attached hydrogens (primary N) is 1. The van der Waals surface area contributed by atoms with E-state index in [1.165, 1.54) is 32.1 Å². The number of carbonyl (C=O) groups is 1. The zero-order valence-electron chi connectivity index (χ0n) is 10.9. The molecule has 0 spiro atoms. The van der Waals surface area contributed by atoms with Gasteiger partial charge in [0, 0.05) is 19.5 Å². The number of hydrogen-bond donors (Lipinski definition) is 1. The van der Waals surface area contributed by atoms with Gasteiger partial charge in [-0.1, -0.05) is 25.3 Å². The molecule has 1 amide bonds. The number of hydrogen-bond acceptors (Lipinski definition) is 2. The molecule has 0 atom stereocenters. The normalized spacial score (nSPS) is 16.8. The molecule has 98 valence electrons. The zero-order chi connectivity index (χ0) is 12.5. The van der Waals surface area contributed by atoms with Gasteiger partial charge in [-0.3, -0.25) is 4.79 Å². The van der Waals surface area contributed by atoms with Crippen molar-refractivity contribution >= 4 is 5.91 Å². The monoisotopic (exact) mass is 238 g/mol. The van der Waals surface area contributed by atoms with Crippen LogP contribution in [0.15, 0.2) is 12.7 Å². The molecule has 0 aromatic heterocycles. The Bertz CT molecular complexity index is 234. The first-order valence-corrected chi connectivity index (χ1v) is 6.86. The highest BCUT2D eigenvalue weighted by Crippen LogP contribution is 2.24. The van der Waals surface area contributed by atoms with Crippen molar-refractivity contribution < 1.29 is 4.79 Å². The third-order valence-electron chi connectivity index (χ3n) is 3.50. The van der Waals surface area contributed by atoms with Gasteiger partial charge in [0.05, 0.1) is 0 Å². The lowest BCUT2D eigenvalue weighted by Gasteiger charge is -2.29. The molecule has 1 rings (SSSR count). The second-order valence-electron chi connectivity index (χ2n) is 4.98. The first kappa shape index (κ1) is 14.2. The Morgan fingerprint density at radius 3 is 2.65 bits per heavy atom. The highest BCUT2D eigenvalue weighted by Gasteiger charge is 2.19. The van der Waals surface area contributed by atoms with Gasteiger partial charge in [-0.25, -0.2) is 0 Å². The van der Waals surface area contributed by atoms with E-state index >= 15 is 0 Å². The smallest absolute Gasteiger partial charge is 0.222 e. The minimum atomic E-state index is 0.237. The van der Waals surface area contributed by atoms with E-state index in [-0.39, 0.29) is 5.91 Å². The van der Waals surface area contributed by atoms with Crippen molar-refractivity contribution in [3.63, 3.8) is 0 Å². The van der Waals surface area contributed by atoms with Gasteiger partial charge in [0.1, 0.15) is 0 Å². The fourth-order valence-electron chi connectivity index (χ4n) is 2.53. The van der Waals surface area contributed by atoms with Gasteiger partial charge >= 0.3 is 0 Å². The highest BCUT2D eigenvalue weighted by molar-refractivity contribution is 5.76. The average molecular weight is 238 g/mol. The van der Waals surface area contributed by atoms with Crippen molar-refractivity contribution in [3.05, 3.63) is 12.7 Å². The molecule has 0 saturated heterocycles. The fraction of sp³-hybridized carbons (Fsp3) is 0.786. The third-order valence-corrected chi connectivity index (χ3v) is 3.50. The Hall–Kier alpha value is -0.830. The van der Waals surface area contributed by atoms with Gasteiger partial charge in [-0.2, -0.15) is 0 Å². The van der Waals surface area contributed by atoms with Crippen LogP contribution in [0.4, 0.5) is 0 Å². The topological polar surface area (TPSA) is 46.3 Å². The minimum absolute atomic E-state index is 0.237. The molecule has 1 aliphatic rings. The Morgan fingerprint density at radius 1 is 1.35 bits per heavy atom. The molecule has 2 N–H and O–H groups in total. The van der Waals surface area contributed by atoms with E-state index in [1.54, 1.807) is 0 Å². The Kier molecular flexibility index (Phi) is 6.94. The van der Waals surface area contributed by atoms with Crippen LogP contribution in [0.5, 0.6) is 0 Å². The third kappa shape index (κ3) is 5.35. The van der Waals surface area contributed by atoms with Crippen molar-refractivity contribution in [2.24, 2.45) is 11.7 Å². The summed E-state index contributed by atoms with van der Waals surface area (Å²) in [4.78, 5) is 13.9. The summed E-state index contributed by atoms with van der Waals surface area (Å²) >= 11 is 0. The zero-order valence-corrected chi connectivity index (χ0v) is 10.9. The van der Waals surface area contributed by atoms with Crippen LogP contribution in [-0.4, -0.2) is 30.4 Å². The van der Waals surface area contributed by atoms with Gasteiger partial charge < -0.3 is 10.6 Å². The largest absolute Gasteiger partial charge is 0.339 e. The van der Waals surface area contributed by atoms with Crippen molar-refractivity contribution in [3.8, 4) is 0 Å². The lowest BCUT2D eigenvalue weighted by Crippen LogP contribution is -2.36. The van der Waals surface area contributed by atoms with Crippen LogP contribution < -0.4 is 5.73 Å². The average Bonchev–Trinajstić information content (AvgIpc) is 2.36. The standard InChI is InChI=1S/C14H26N2O/c1-2-11-16(14(17)9-6-10-15)12-13-7-4-3-5-8-13/h2,13H,1,3-12,15H2. The summed E-state index contributed by atoms with van der Waals surface area (Å²) in [6, 6.07) is 0. The number of nitrogens with zero attached hydrogens (tertiary/aromatic N) is 1. The lowest BCUT2D eigenvalue weighted by molar-refractivity contribution is -0.131. The van der Waals surface area contributed by atoms with Gasteiger partial charge in [-0.05, 0) is 31.7 Å². The molecule has 0 unspecified atom stereocenters. The van der Waals surface area contributed by atoms with E-state index in [0.29, 0.717) is 25.4 Å². The Balaban J connectivity index is 2.40. The maximum absolute atomic E-state index is 12.0. The van der Waals surface area contributed by atoms with Crippen LogP contribution >= 0.6 is 0 Å². The molecule has 0 aliphatic heterocycles. The summed E-state index contributed by atoms with van der Waals surface area (Å²) in [5.41, 5.74) is 5.44. The van der Waals surface area contributed by atoms with Crippen LogP contribution in [0.1, 0.15) is 44.9 Å². The van der Waals surface area contributed by atoms with E-state index in [4.69, 9.17) is 5.73 Å². The van der Waals surface area contributed by atoms with Crippen LogP contribution in [-0.2, 0) is 4.79 Å². The SMILES string of the molecule is C=CCN(CC1CCCCC1)C(=O)CCCN. The molecule has 17 heavy (non-hydrogen) atoms. The Morgan fingerprint density at radius 2 is 2.06 bits per heavy atom. The van der Waals surface area contributed by atoms with Crippen molar-refractivity contribution in [1.29, 1.82) is 0 Å². The maximum atomic E-state index is 12.0. The number of carbonyl (C=O) groups excluding carboxylic acids is 1. The molecule has 1 fully saturated rings. The summed E-state index contributed by atoms with van der Waals surface area (Å²) < 4.78 is 0. The van der Waals surface area contributed by atoms with Crippen LogP contribution in [0.2, 0.25) is 0 Å². The molecule has 3 nitrogen and oxygen atoms in total. The fourth-order valence-corrected chi connectivity index (χ4v) is 2.53. The molecule has 3 heteroatoms. The van der Waals surface area contributed by atoms with Crippen molar-refractivity contribution in [1.82, 2.24) is 4.90 Å². The van der Waals surface area contributed by atoms with E-state index in [0.717, 1.165) is 13.0 Å². The van der Waals surface area contributed by atoms with Gasteiger partial charge in [0.2, 0.25) is 5.91 Å². The molecule has 0 radical (unpaired) electrons. The van der Waals surface area contributed by atoms with Gasteiger partial charge in [0.25, 0.3) is 0 Å². The summed E-state index contributed by atoms with van der Waals surface area (Å²) in [6.45, 7) is 5.92. The summed E-state index contributed by atoms with van der Waals surface area (Å²) in [7, 11) is 0. The summed E-state index contributed by atoms with van der Waals surface area (Å²) in [6.07, 6.45) is 9.75. The number of amides is 1. The Labute approximate surface area is 105 Å². The molecular weight excluding hydrogens is 212 g/mol. The van der Waals surface area contributed by atoms with E-state index in [1.807, 2.05) is 11.0 Å². The van der Waals surface area contributed by atoms with Crippen LogP contribution in [0, 0.1) is 5.92 Å². The van der Waals surface area contributed by atoms with E-state index in [2.05, 4.69) is 6.58 Å². The maximum Gasteiger partial charge on any atom is 0.222 e. The van der Waals surface area contributed by atoms with Crippen molar-refractivity contribution in [2.45, 2.75) is 44.9 Å². The highest BCUT2D eigenvalue weighted by atomic mass is 16.2.